The monoisotopic (exact) mass is 402 g/mol. The topological polar surface area (TPSA) is 93.7 Å². The molecule has 28 heavy (non-hydrogen) atoms. The number of carbonyl (C=O) groups is 3. The maximum Gasteiger partial charge on any atom is 0.342 e. The summed E-state index contributed by atoms with van der Waals surface area (Å²) in [6.07, 6.45) is 1.81. The van der Waals surface area contributed by atoms with Crippen LogP contribution in [0.4, 0.5) is 4.79 Å². The Morgan fingerprint density at radius 1 is 1.04 bits per heavy atom. The van der Waals surface area contributed by atoms with Crippen LogP contribution in [0.5, 0.6) is 5.75 Å². The fourth-order valence-electron chi connectivity index (χ4n) is 2.32. The Morgan fingerprint density at radius 2 is 1.75 bits per heavy atom. The number of para-hydroxylation sites is 1. The molecule has 2 aromatic carbocycles. The minimum absolute atomic E-state index is 0.125. The summed E-state index contributed by atoms with van der Waals surface area (Å²) in [4.78, 5) is 35.5. The summed E-state index contributed by atoms with van der Waals surface area (Å²) in [5.41, 5.74) is 1.07. The zero-order valence-electron chi connectivity index (χ0n) is 14.9. The van der Waals surface area contributed by atoms with Crippen molar-refractivity contribution >= 4 is 29.5 Å². The second-order valence-electron chi connectivity index (χ2n) is 6.28. The van der Waals surface area contributed by atoms with Crippen LogP contribution in [0.3, 0.4) is 0 Å². The van der Waals surface area contributed by atoms with Crippen molar-refractivity contribution in [3.63, 3.8) is 0 Å². The van der Waals surface area contributed by atoms with Gasteiger partial charge < -0.3 is 14.8 Å². The Labute approximate surface area is 167 Å². The third-order valence-electron chi connectivity index (χ3n) is 3.91. The molecule has 8 heteroatoms. The van der Waals surface area contributed by atoms with Gasteiger partial charge in [-0.25, -0.2) is 9.59 Å². The maximum absolute atomic E-state index is 12.3. The molecule has 3 rings (SSSR count). The highest BCUT2D eigenvalue weighted by atomic mass is 35.5. The van der Waals surface area contributed by atoms with Gasteiger partial charge in [0.25, 0.3) is 5.91 Å². The van der Waals surface area contributed by atoms with Gasteiger partial charge in [0.2, 0.25) is 0 Å². The first-order valence-corrected chi connectivity index (χ1v) is 9.13. The number of hydrogen-bond donors (Lipinski definition) is 2. The summed E-state index contributed by atoms with van der Waals surface area (Å²) in [5, 5.41) is 5.35. The third-order valence-corrected chi connectivity index (χ3v) is 4.17. The molecule has 2 N–H and O–H groups in total. The van der Waals surface area contributed by atoms with E-state index in [1.165, 1.54) is 6.07 Å². The number of halogens is 1. The summed E-state index contributed by atoms with van der Waals surface area (Å²) in [6, 6.07) is 13.2. The molecular formula is C20H19ClN2O5. The van der Waals surface area contributed by atoms with E-state index in [2.05, 4.69) is 10.6 Å². The normalized spacial score (nSPS) is 12.8. The first-order chi connectivity index (χ1) is 13.5. The SMILES string of the molecule is O=C(COC(=O)c1ccccc1OCc1ccc(Cl)cc1)NC(=O)NC1CC1. The molecule has 146 valence electrons. The number of rotatable bonds is 7. The molecule has 7 nitrogen and oxygen atoms in total. The van der Waals surface area contributed by atoms with E-state index in [0.717, 1.165) is 18.4 Å². The van der Waals surface area contributed by atoms with Gasteiger partial charge in [0, 0.05) is 11.1 Å². The Hall–Kier alpha value is -3.06. The van der Waals surface area contributed by atoms with E-state index in [4.69, 9.17) is 21.1 Å². The lowest BCUT2D eigenvalue weighted by Gasteiger charge is -2.11. The van der Waals surface area contributed by atoms with Gasteiger partial charge in [0.15, 0.2) is 6.61 Å². The lowest BCUT2D eigenvalue weighted by atomic mass is 10.2. The van der Waals surface area contributed by atoms with Crippen LogP contribution in [0.25, 0.3) is 0 Å². The number of imide groups is 1. The summed E-state index contributed by atoms with van der Waals surface area (Å²) in [6.45, 7) is -0.328. The number of nitrogens with one attached hydrogen (secondary N) is 2. The van der Waals surface area contributed by atoms with E-state index >= 15 is 0 Å². The summed E-state index contributed by atoms with van der Waals surface area (Å²) < 4.78 is 10.7. The first-order valence-electron chi connectivity index (χ1n) is 8.75. The summed E-state index contributed by atoms with van der Waals surface area (Å²) in [5.74, 6) is -1.09. The molecule has 0 radical (unpaired) electrons. The second kappa shape index (κ2) is 9.23. The molecule has 0 saturated heterocycles. The summed E-state index contributed by atoms with van der Waals surface area (Å²) in [7, 11) is 0. The van der Waals surface area contributed by atoms with Crippen LogP contribution >= 0.6 is 11.6 Å². The van der Waals surface area contributed by atoms with E-state index in [-0.39, 0.29) is 18.2 Å². The standard InChI is InChI=1S/C20H19ClN2O5/c21-14-7-5-13(6-8-14)11-27-17-4-2-1-3-16(17)19(25)28-12-18(24)23-20(26)22-15-9-10-15/h1-8,15H,9-12H2,(H2,22,23,24,26). The van der Waals surface area contributed by atoms with Crippen LogP contribution in [0.15, 0.2) is 48.5 Å². The number of carbonyl (C=O) groups excluding carboxylic acids is 3. The van der Waals surface area contributed by atoms with Gasteiger partial charge in [0.1, 0.15) is 17.9 Å². The highest BCUT2D eigenvalue weighted by molar-refractivity contribution is 6.30. The molecule has 3 amide bonds. The Kier molecular flexibility index (Phi) is 6.49. The van der Waals surface area contributed by atoms with Gasteiger partial charge in [-0.3, -0.25) is 10.1 Å². The molecule has 1 aliphatic rings. The van der Waals surface area contributed by atoms with Crippen molar-refractivity contribution in [3.05, 3.63) is 64.7 Å². The van der Waals surface area contributed by atoms with Crippen molar-refractivity contribution < 1.29 is 23.9 Å². The minimum atomic E-state index is -0.718. The van der Waals surface area contributed by atoms with Crippen LogP contribution in [0, 0.1) is 0 Å². The summed E-state index contributed by atoms with van der Waals surface area (Å²) >= 11 is 5.86. The zero-order chi connectivity index (χ0) is 19.9. The molecule has 0 spiro atoms. The Balaban J connectivity index is 1.52. The molecule has 2 aromatic rings. The van der Waals surface area contributed by atoms with E-state index in [0.29, 0.717) is 10.8 Å². The van der Waals surface area contributed by atoms with Gasteiger partial charge in [-0.05, 0) is 42.7 Å². The predicted molar refractivity (Wildman–Crippen MR) is 102 cm³/mol. The Morgan fingerprint density at radius 3 is 2.46 bits per heavy atom. The van der Waals surface area contributed by atoms with Crippen LogP contribution in [-0.2, 0) is 16.1 Å². The molecule has 0 heterocycles. The number of esters is 1. The van der Waals surface area contributed by atoms with Crippen molar-refractivity contribution in [1.82, 2.24) is 10.6 Å². The average molecular weight is 403 g/mol. The average Bonchev–Trinajstić information content (AvgIpc) is 3.49. The quantitative estimate of drug-likeness (QED) is 0.694. The molecular weight excluding hydrogens is 384 g/mol. The van der Waals surface area contributed by atoms with E-state index in [9.17, 15) is 14.4 Å². The highest BCUT2D eigenvalue weighted by Gasteiger charge is 2.24. The van der Waals surface area contributed by atoms with Crippen LogP contribution in [0.1, 0.15) is 28.8 Å². The smallest absolute Gasteiger partial charge is 0.342 e. The number of ether oxygens (including phenoxy) is 2. The second-order valence-corrected chi connectivity index (χ2v) is 6.72. The maximum atomic E-state index is 12.3. The van der Waals surface area contributed by atoms with Crippen molar-refractivity contribution in [2.75, 3.05) is 6.61 Å². The lowest BCUT2D eigenvalue weighted by Crippen LogP contribution is -2.42. The van der Waals surface area contributed by atoms with Crippen LogP contribution in [0.2, 0.25) is 5.02 Å². The molecule has 0 aliphatic heterocycles. The van der Waals surface area contributed by atoms with E-state index in [1.54, 1.807) is 30.3 Å². The van der Waals surface area contributed by atoms with Gasteiger partial charge in [-0.15, -0.1) is 0 Å². The van der Waals surface area contributed by atoms with Crippen molar-refractivity contribution in [2.24, 2.45) is 0 Å². The molecule has 0 atom stereocenters. The molecule has 0 unspecified atom stereocenters. The number of amides is 3. The van der Waals surface area contributed by atoms with Crippen molar-refractivity contribution in [2.45, 2.75) is 25.5 Å². The van der Waals surface area contributed by atoms with Gasteiger partial charge in [0.05, 0.1) is 0 Å². The predicted octanol–water partition coefficient (Wildman–Crippen LogP) is 3.06. The fourth-order valence-corrected chi connectivity index (χ4v) is 2.45. The van der Waals surface area contributed by atoms with Gasteiger partial charge >= 0.3 is 12.0 Å². The van der Waals surface area contributed by atoms with E-state index < -0.39 is 24.5 Å². The molecule has 1 saturated carbocycles. The molecule has 1 fully saturated rings. The largest absolute Gasteiger partial charge is 0.488 e. The molecule has 0 aromatic heterocycles. The van der Waals surface area contributed by atoms with Gasteiger partial charge in [-0.1, -0.05) is 35.9 Å². The molecule has 0 bridgehead atoms. The van der Waals surface area contributed by atoms with E-state index in [1.807, 2.05) is 12.1 Å². The highest BCUT2D eigenvalue weighted by Crippen LogP contribution is 2.21. The Bertz CT molecular complexity index is 865. The zero-order valence-corrected chi connectivity index (χ0v) is 15.7. The first kappa shape index (κ1) is 19.7. The molecule has 1 aliphatic carbocycles. The number of urea groups is 1. The third kappa shape index (κ3) is 5.99. The van der Waals surface area contributed by atoms with Gasteiger partial charge in [-0.2, -0.15) is 0 Å². The van der Waals surface area contributed by atoms with Crippen molar-refractivity contribution in [3.8, 4) is 5.75 Å². The fraction of sp³-hybridized carbons (Fsp3) is 0.250. The lowest BCUT2D eigenvalue weighted by molar-refractivity contribution is -0.123. The number of hydrogen-bond acceptors (Lipinski definition) is 5. The number of benzene rings is 2. The van der Waals surface area contributed by atoms with Crippen LogP contribution in [-0.4, -0.2) is 30.6 Å². The van der Waals surface area contributed by atoms with Crippen LogP contribution < -0.4 is 15.4 Å². The van der Waals surface area contributed by atoms with Crippen molar-refractivity contribution in [1.29, 1.82) is 0 Å². The minimum Gasteiger partial charge on any atom is -0.488 e.